The molecule has 0 saturated heterocycles. The van der Waals surface area contributed by atoms with E-state index in [9.17, 15) is 4.79 Å². The van der Waals surface area contributed by atoms with Gasteiger partial charge in [-0.1, -0.05) is 23.8 Å². The molecule has 2 N–H and O–H groups in total. The van der Waals surface area contributed by atoms with Crippen LogP contribution in [0.2, 0.25) is 0 Å². The van der Waals surface area contributed by atoms with E-state index in [1.165, 1.54) is 5.56 Å². The quantitative estimate of drug-likeness (QED) is 0.847. The molecule has 104 valence electrons. The van der Waals surface area contributed by atoms with E-state index in [0.717, 1.165) is 11.3 Å². The maximum Gasteiger partial charge on any atom is 0.259 e. The van der Waals surface area contributed by atoms with Crippen molar-refractivity contribution in [2.24, 2.45) is 0 Å². The number of hydrogen-bond acceptors (Lipinski definition) is 2. The number of carbonyl (C=O) groups is 1. The zero-order valence-corrected chi connectivity index (χ0v) is 13.4. The summed E-state index contributed by atoms with van der Waals surface area (Å²) in [6, 6.07) is 11.3. The van der Waals surface area contributed by atoms with Gasteiger partial charge in [0.2, 0.25) is 0 Å². The summed E-state index contributed by atoms with van der Waals surface area (Å²) in [5, 5.41) is 0. The van der Waals surface area contributed by atoms with Crippen LogP contribution in [0.5, 0.6) is 0 Å². The van der Waals surface area contributed by atoms with Crippen LogP contribution in [-0.4, -0.2) is 13.0 Å². The van der Waals surface area contributed by atoms with Gasteiger partial charge in [-0.3, -0.25) is 4.79 Å². The third kappa shape index (κ3) is 2.70. The van der Waals surface area contributed by atoms with Gasteiger partial charge in [0.05, 0.1) is 10.0 Å². The van der Waals surface area contributed by atoms with E-state index in [1.54, 1.807) is 30.1 Å². The number of rotatable bonds is 2. The molecule has 20 heavy (non-hydrogen) atoms. The van der Waals surface area contributed by atoms with Gasteiger partial charge in [0.1, 0.15) is 0 Å². The minimum atomic E-state index is -0.0869. The van der Waals surface area contributed by atoms with Crippen molar-refractivity contribution in [3.8, 4) is 0 Å². The van der Waals surface area contributed by atoms with Crippen LogP contribution in [0.15, 0.2) is 40.9 Å². The minimum absolute atomic E-state index is 0.0869. The van der Waals surface area contributed by atoms with Gasteiger partial charge in [-0.25, -0.2) is 0 Å². The summed E-state index contributed by atoms with van der Waals surface area (Å²) in [4.78, 5) is 14.2. The van der Waals surface area contributed by atoms with E-state index < -0.39 is 0 Å². The van der Waals surface area contributed by atoms with E-state index >= 15 is 0 Å². The molecule has 0 aromatic heterocycles. The third-order valence-electron chi connectivity index (χ3n) is 3.28. The maximum absolute atomic E-state index is 12.6. The first kappa shape index (κ1) is 14.6. The van der Waals surface area contributed by atoms with Gasteiger partial charge in [0, 0.05) is 18.4 Å². The number of nitrogens with two attached hydrogens (primary N) is 1. The molecule has 0 atom stereocenters. The molecule has 0 unspecified atom stereocenters. The predicted octanol–water partition coefficient (Wildman–Crippen LogP) is 3.92. The Kier molecular flexibility index (Phi) is 4.14. The summed E-state index contributed by atoms with van der Waals surface area (Å²) >= 11 is 3.38. The molecule has 3 nitrogen and oxygen atoms in total. The molecular formula is C16H17BrN2O. The first-order chi connectivity index (χ1) is 9.41. The number of nitrogens with zero attached hydrogens (tertiary/aromatic N) is 1. The Labute approximate surface area is 127 Å². The lowest BCUT2D eigenvalue weighted by atomic mass is 10.1. The van der Waals surface area contributed by atoms with Crippen molar-refractivity contribution in [3.63, 3.8) is 0 Å². The maximum atomic E-state index is 12.6. The number of anilines is 2. The Balaban J connectivity index is 2.40. The zero-order chi connectivity index (χ0) is 14.9. The summed E-state index contributed by atoms with van der Waals surface area (Å²) in [6.07, 6.45) is 0. The minimum Gasteiger partial charge on any atom is -0.398 e. The largest absolute Gasteiger partial charge is 0.398 e. The van der Waals surface area contributed by atoms with Crippen LogP contribution in [0.25, 0.3) is 0 Å². The van der Waals surface area contributed by atoms with Crippen LogP contribution in [0, 0.1) is 13.8 Å². The molecule has 0 bridgehead atoms. The highest BCUT2D eigenvalue weighted by molar-refractivity contribution is 9.10. The van der Waals surface area contributed by atoms with Gasteiger partial charge in [0.15, 0.2) is 0 Å². The number of hydrogen-bond donors (Lipinski definition) is 1. The Hall–Kier alpha value is -1.81. The average Bonchev–Trinajstić information content (AvgIpc) is 2.40. The van der Waals surface area contributed by atoms with E-state index in [4.69, 9.17) is 5.73 Å². The molecule has 1 amide bonds. The molecule has 0 aliphatic rings. The second-order valence-corrected chi connectivity index (χ2v) is 5.66. The fourth-order valence-electron chi connectivity index (χ4n) is 2.19. The first-order valence-corrected chi connectivity index (χ1v) is 7.10. The van der Waals surface area contributed by atoms with Gasteiger partial charge in [-0.05, 0) is 53.5 Å². The van der Waals surface area contributed by atoms with E-state index in [0.29, 0.717) is 15.7 Å². The molecule has 0 aliphatic carbocycles. The fraction of sp³-hybridized carbons (Fsp3) is 0.188. The second kappa shape index (κ2) is 5.67. The van der Waals surface area contributed by atoms with Gasteiger partial charge in [-0.15, -0.1) is 0 Å². The predicted molar refractivity (Wildman–Crippen MR) is 87.2 cm³/mol. The zero-order valence-electron chi connectivity index (χ0n) is 11.8. The Morgan fingerprint density at radius 1 is 1.20 bits per heavy atom. The van der Waals surface area contributed by atoms with Gasteiger partial charge in [0.25, 0.3) is 5.91 Å². The second-order valence-electron chi connectivity index (χ2n) is 4.86. The van der Waals surface area contributed by atoms with Crippen molar-refractivity contribution in [3.05, 3.63) is 57.6 Å². The summed E-state index contributed by atoms with van der Waals surface area (Å²) < 4.78 is 0.640. The van der Waals surface area contributed by atoms with Crippen molar-refractivity contribution < 1.29 is 4.79 Å². The molecule has 2 aromatic rings. The van der Waals surface area contributed by atoms with E-state index in [2.05, 4.69) is 22.0 Å². The Morgan fingerprint density at radius 3 is 2.55 bits per heavy atom. The molecule has 2 rings (SSSR count). The molecule has 0 aliphatic heterocycles. The summed E-state index contributed by atoms with van der Waals surface area (Å²) in [5.41, 5.74) is 10.1. The highest BCUT2D eigenvalue weighted by atomic mass is 79.9. The van der Waals surface area contributed by atoms with Crippen molar-refractivity contribution >= 4 is 33.2 Å². The standard InChI is InChI=1S/C16H17BrN2O/c1-10-7-8-14(11(2)9-10)19(3)16(20)12-5-4-6-13(18)15(12)17/h4-9H,18H2,1-3H3. The third-order valence-corrected chi connectivity index (χ3v) is 4.16. The van der Waals surface area contributed by atoms with Gasteiger partial charge < -0.3 is 10.6 Å². The van der Waals surface area contributed by atoms with Crippen LogP contribution < -0.4 is 10.6 Å². The number of halogens is 1. The van der Waals surface area contributed by atoms with Crippen molar-refractivity contribution in [2.45, 2.75) is 13.8 Å². The normalized spacial score (nSPS) is 10.4. The van der Waals surface area contributed by atoms with E-state index in [1.807, 2.05) is 26.0 Å². The van der Waals surface area contributed by atoms with Crippen molar-refractivity contribution in [1.82, 2.24) is 0 Å². The van der Waals surface area contributed by atoms with Crippen LogP contribution in [-0.2, 0) is 0 Å². The number of benzene rings is 2. The molecule has 0 radical (unpaired) electrons. The number of aryl methyl sites for hydroxylation is 2. The van der Waals surface area contributed by atoms with Crippen molar-refractivity contribution in [1.29, 1.82) is 0 Å². The molecule has 2 aromatic carbocycles. The van der Waals surface area contributed by atoms with Crippen LogP contribution >= 0.6 is 15.9 Å². The van der Waals surface area contributed by atoms with Gasteiger partial charge in [-0.2, -0.15) is 0 Å². The first-order valence-electron chi connectivity index (χ1n) is 6.31. The monoisotopic (exact) mass is 332 g/mol. The number of amides is 1. The van der Waals surface area contributed by atoms with Crippen LogP contribution in [0.3, 0.4) is 0 Å². The highest BCUT2D eigenvalue weighted by Gasteiger charge is 2.18. The van der Waals surface area contributed by atoms with Gasteiger partial charge >= 0.3 is 0 Å². The Bertz CT molecular complexity index is 668. The van der Waals surface area contributed by atoms with Crippen molar-refractivity contribution in [2.75, 3.05) is 17.7 Å². The molecule has 4 heteroatoms. The topological polar surface area (TPSA) is 46.3 Å². The molecule has 0 spiro atoms. The highest BCUT2D eigenvalue weighted by Crippen LogP contribution is 2.27. The summed E-state index contributed by atoms with van der Waals surface area (Å²) in [7, 11) is 1.77. The van der Waals surface area contributed by atoms with E-state index in [-0.39, 0.29) is 5.91 Å². The number of nitrogen functional groups attached to an aromatic ring is 1. The van der Waals surface area contributed by atoms with Crippen LogP contribution in [0.4, 0.5) is 11.4 Å². The lowest BCUT2D eigenvalue weighted by Gasteiger charge is -2.21. The smallest absolute Gasteiger partial charge is 0.259 e. The number of carbonyl (C=O) groups excluding carboxylic acids is 1. The Morgan fingerprint density at radius 2 is 1.90 bits per heavy atom. The lowest BCUT2D eigenvalue weighted by Crippen LogP contribution is -2.27. The molecule has 0 heterocycles. The summed E-state index contributed by atoms with van der Waals surface area (Å²) in [5.74, 6) is -0.0869. The molecular weight excluding hydrogens is 316 g/mol. The lowest BCUT2D eigenvalue weighted by molar-refractivity contribution is 0.0992. The SMILES string of the molecule is Cc1ccc(N(C)C(=O)c2cccc(N)c2Br)c(C)c1. The summed E-state index contributed by atoms with van der Waals surface area (Å²) in [6.45, 7) is 4.04. The van der Waals surface area contributed by atoms with Crippen LogP contribution in [0.1, 0.15) is 21.5 Å². The molecule has 0 fully saturated rings. The molecule has 0 saturated carbocycles. The fourth-order valence-corrected chi connectivity index (χ4v) is 2.62. The average molecular weight is 333 g/mol.